The minimum atomic E-state index is 0.282. The number of hydrogen-bond donors (Lipinski definition) is 2. The van der Waals surface area contributed by atoms with Crippen molar-refractivity contribution in [1.29, 1.82) is 0 Å². The summed E-state index contributed by atoms with van der Waals surface area (Å²) in [4.78, 5) is 0. The Morgan fingerprint density at radius 2 is 2.00 bits per heavy atom. The van der Waals surface area contributed by atoms with Gasteiger partial charge < -0.3 is 10.4 Å². The van der Waals surface area contributed by atoms with Crippen LogP contribution < -0.4 is 5.32 Å². The van der Waals surface area contributed by atoms with E-state index >= 15 is 0 Å². The monoisotopic (exact) mass is 261 g/mol. The average Bonchev–Trinajstić information content (AvgIpc) is 2.93. The first-order chi connectivity index (χ1) is 9.31. The van der Waals surface area contributed by atoms with Gasteiger partial charge in [0.15, 0.2) is 0 Å². The molecule has 1 aliphatic carbocycles. The van der Waals surface area contributed by atoms with E-state index in [2.05, 4.69) is 12.2 Å². The Balaban J connectivity index is 1.74. The van der Waals surface area contributed by atoms with Crippen LogP contribution >= 0.6 is 0 Å². The zero-order valence-electron chi connectivity index (χ0n) is 12.1. The molecule has 0 bridgehead atoms. The second kappa shape index (κ2) is 7.54. The third-order valence-electron chi connectivity index (χ3n) is 4.38. The van der Waals surface area contributed by atoms with Crippen molar-refractivity contribution >= 4 is 0 Å². The summed E-state index contributed by atoms with van der Waals surface area (Å²) >= 11 is 0. The molecule has 0 amide bonds. The molecule has 0 aromatic heterocycles. The molecule has 2 N–H and O–H groups in total. The maximum absolute atomic E-state index is 9.90. The molecule has 19 heavy (non-hydrogen) atoms. The normalized spacial score (nSPS) is 17.7. The van der Waals surface area contributed by atoms with Gasteiger partial charge in [0.1, 0.15) is 5.75 Å². The number of phenols is 1. The number of aromatic hydroxyl groups is 1. The fraction of sp³-hybridized carbons (Fsp3) is 0.647. The molecule has 0 saturated heterocycles. The summed E-state index contributed by atoms with van der Waals surface area (Å²) < 4.78 is 0. The van der Waals surface area contributed by atoms with Crippen molar-refractivity contribution in [3.63, 3.8) is 0 Å². The van der Waals surface area contributed by atoms with Crippen LogP contribution in [0.3, 0.4) is 0 Å². The highest BCUT2D eigenvalue weighted by molar-refractivity contribution is 5.34. The quantitative estimate of drug-likeness (QED) is 0.713. The van der Waals surface area contributed by atoms with Gasteiger partial charge in [-0.15, -0.1) is 0 Å². The van der Waals surface area contributed by atoms with Gasteiger partial charge in [-0.1, -0.05) is 50.8 Å². The third-order valence-corrected chi connectivity index (χ3v) is 4.38. The molecule has 1 aromatic carbocycles. The molecule has 2 heteroatoms. The fourth-order valence-electron chi connectivity index (χ4n) is 3.22. The van der Waals surface area contributed by atoms with Crippen LogP contribution in [0.5, 0.6) is 5.75 Å². The Kier molecular flexibility index (Phi) is 5.71. The molecular formula is C17H27NO. The van der Waals surface area contributed by atoms with Crippen molar-refractivity contribution in [2.75, 3.05) is 6.54 Å². The molecule has 1 saturated carbocycles. The van der Waals surface area contributed by atoms with Gasteiger partial charge in [-0.3, -0.25) is 0 Å². The second-order valence-electron chi connectivity index (χ2n) is 5.77. The van der Waals surface area contributed by atoms with E-state index in [1.807, 2.05) is 18.2 Å². The van der Waals surface area contributed by atoms with E-state index in [1.54, 1.807) is 6.07 Å². The van der Waals surface area contributed by atoms with Crippen molar-refractivity contribution in [3.8, 4) is 5.75 Å². The molecule has 1 atom stereocenters. The van der Waals surface area contributed by atoms with Crippen molar-refractivity contribution in [3.05, 3.63) is 29.8 Å². The third kappa shape index (κ3) is 4.24. The lowest BCUT2D eigenvalue weighted by atomic mass is 10.0. The van der Waals surface area contributed by atoms with Crippen LogP contribution in [0.4, 0.5) is 0 Å². The van der Waals surface area contributed by atoms with Crippen LogP contribution in [0.1, 0.15) is 63.5 Å². The van der Waals surface area contributed by atoms with E-state index in [4.69, 9.17) is 0 Å². The van der Waals surface area contributed by atoms with Crippen molar-refractivity contribution in [1.82, 2.24) is 5.32 Å². The van der Waals surface area contributed by atoms with Crippen LogP contribution in [0.25, 0.3) is 0 Å². The molecule has 0 heterocycles. The Hall–Kier alpha value is -1.02. The summed E-state index contributed by atoms with van der Waals surface area (Å²) in [6.45, 7) is 3.23. The van der Waals surface area contributed by atoms with Gasteiger partial charge in [0.05, 0.1) is 0 Å². The molecule has 0 radical (unpaired) electrons. The number of benzene rings is 1. The number of phenolic OH excluding ortho intramolecular Hbond substituents is 1. The van der Waals surface area contributed by atoms with Crippen LogP contribution in [-0.4, -0.2) is 11.7 Å². The number of hydrogen-bond acceptors (Lipinski definition) is 2. The van der Waals surface area contributed by atoms with Gasteiger partial charge in [0, 0.05) is 11.6 Å². The standard InChI is InChI=1S/C17H27NO/c1-2-16(15-11-5-6-12-17(15)19)18-13-7-10-14-8-3-4-9-14/h5-6,11-12,14,16,18-19H,2-4,7-10,13H2,1H3. The summed E-state index contributed by atoms with van der Waals surface area (Å²) in [5.74, 6) is 1.39. The van der Waals surface area contributed by atoms with Crippen molar-refractivity contribution in [2.24, 2.45) is 5.92 Å². The van der Waals surface area contributed by atoms with E-state index in [0.29, 0.717) is 5.75 Å². The summed E-state index contributed by atoms with van der Waals surface area (Å²) in [6.07, 6.45) is 9.40. The Labute approximate surface area is 117 Å². The van der Waals surface area contributed by atoms with Crippen LogP contribution in [0, 0.1) is 5.92 Å². The first-order valence-corrected chi connectivity index (χ1v) is 7.82. The van der Waals surface area contributed by atoms with Crippen LogP contribution in [0.15, 0.2) is 24.3 Å². The predicted molar refractivity (Wildman–Crippen MR) is 80.3 cm³/mol. The molecule has 1 aliphatic rings. The molecular weight excluding hydrogens is 234 g/mol. The van der Waals surface area contributed by atoms with Crippen LogP contribution in [-0.2, 0) is 0 Å². The SMILES string of the molecule is CCC(NCCCC1CCCC1)c1ccccc1O. The molecule has 0 aliphatic heterocycles. The van der Waals surface area contributed by atoms with Gasteiger partial charge >= 0.3 is 0 Å². The number of rotatable bonds is 7. The highest BCUT2D eigenvalue weighted by atomic mass is 16.3. The smallest absolute Gasteiger partial charge is 0.120 e. The first kappa shape index (κ1) is 14.4. The van der Waals surface area contributed by atoms with E-state index in [0.717, 1.165) is 24.4 Å². The summed E-state index contributed by atoms with van der Waals surface area (Å²) in [5.41, 5.74) is 1.03. The van der Waals surface area contributed by atoms with Crippen LogP contribution in [0.2, 0.25) is 0 Å². The molecule has 2 nitrogen and oxygen atoms in total. The minimum Gasteiger partial charge on any atom is -0.508 e. The summed E-state index contributed by atoms with van der Waals surface area (Å²) in [5, 5.41) is 13.5. The van der Waals surface area contributed by atoms with Gasteiger partial charge in [0.2, 0.25) is 0 Å². The lowest BCUT2D eigenvalue weighted by Crippen LogP contribution is -2.22. The number of nitrogens with one attached hydrogen (secondary N) is 1. The zero-order chi connectivity index (χ0) is 13.5. The maximum atomic E-state index is 9.90. The lowest BCUT2D eigenvalue weighted by molar-refractivity contribution is 0.423. The molecule has 0 spiro atoms. The van der Waals surface area contributed by atoms with E-state index in [9.17, 15) is 5.11 Å². The first-order valence-electron chi connectivity index (χ1n) is 7.82. The van der Waals surface area contributed by atoms with Gasteiger partial charge in [0.25, 0.3) is 0 Å². The molecule has 1 unspecified atom stereocenters. The highest BCUT2D eigenvalue weighted by Crippen LogP contribution is 2.29. The summed E-state index contributed by atoms with van der Waals surface area (Å²) in [7, 11) is 0. The molecule has 106 valence electrons. The van der Waals surface area contributed by atoms with E-state index < -0.39 is 0 Å². The largest absolute Gasteiger partial charge is 0.508 e. The second-order valence-corrected chi connectivity index (χ2v) is 5.77. The van der Waals surface area contributed by atoms with Crippen molar-refractivity contribution in [2.45, 2.75) is 57.9 Å². The fourth-order valence-corrected chi connectivity index (χ4v) is 3.22. The van der Waals surface area contributed by atoms with E-state index in [1.165, 1.54) is 38.5 Å². The topological polar surface area (TPSA) is 32.3 Å². The molecule has 1 aromatic rings. The minimum absolute atomic E-state index is 0.282. The lowest BCUT2D eigenvalue weighted by Gasteiger charge is -2.19. The zero-order valence-corrected chi connectivity index (χ0v) is 12.1. The van der Waals surface area contributed by atoms with E-state index in [-0.39, 0.29) is 6.04 Å². The van der Waals surface area contributed by atoms with Crippen molar-refractivity contribution < 1.29 is 5.11 Å². The Morgan fingerprint density at radius 1 is 1.26 bits per heavy atom. The molecule has 2 rings (SSSR count). The number of para-hydroxylation sites is 1. The van der Waals surface area contributed by atoms with Gasteiger partial charge in [-0.2, -0.15) is 0 Å². The average molecular weight is 261 g/mol. The Morgan fingerprint density at radius 3 is 2.68 bits per heavy atom. The molecule has 1 fully saturated rings. The maximum Gasteiger partial charge on any atom is 0.120 e. The predicted octanol–water partition coefficient (Wildman–Crippen LogP) is 4.40. The van der Waals surface area contributed by atoms with Gasteiger partial charge in [-0.05, 0) is 37.8 Å². The Bertz CT molecular complexity index is 371. The summed E-state index contributed by atoms with van der Waals surface area (Å²) in [6, 6.07) is 7.96. The highest BCUT2D eigenvalue weighted by Gasteiger charge is 2.15. The van der Waals surface area contributed by atoms with Gasteiger partial charge in [-0.25, -0.2) is 0 Å².